The Bertz CT molecular complexity index is 527. The molecule has 3 nitrogen and oxygen atoms in total. The molecular formula is C16H22N2OS. The van der Waals surface area contributed by atoms with Crippen molar-refractivity contribution in [2.24, 2.45) is 5.41 Å². The van der Waals surface area contributed by atoms with Crippen LogP contribution in [-0.4, -0.2) is 31.3 Å². The fourth-order valence-electron chi connectivity index (χ4n) is 2.93. The first-order valence-electron chi connectivity index (χ1n) is 7.44. The maximum atomic E-state index is 5.56. The summed E-state index contributed by atoms with van der Waals surface area (Å²) in [6.07, 6.45) is 3.34. The van der Waals surface area contributed by atoms with E-state index in [-0.39, 0.29) is 0 Å². The number of nitrogens with zero attached hydrogens (tertiary/aromatic N) is 1. The molecule has 2 aromatic rings. The fourth-order valence-corrected chi connectivity index (χ4v) is 4.07. The predicted octanol–water partition coefficient (Wildman–Crippen LogP) is 3.25. The van der Waals surface area contributed by atoms with Gasteiger partial charge < -0.3 is 10.1 Å². The van der Waals surface area contributed by atoms with Gasteiger partial charge >= 0.3 is 0 Å². The zero-order valence-corrected chi connectivity index (χ0v) is 12.8. The molecule has 1 N–H and O–H groups in total. The highest BCUT2D eigenvalue weighted by Gasteiger charge is 2.33. The monoisotopic (exact) mass is 290 g/mol. The SMILES string of the molecule is CCNCC1(Cc2nc3ccccc3s2)CCOCC1. The van der Waals surface area contributed by atoms with Crippen LogP contribution in [0, 0.1) is 5.41 Å². The molecule has 1 fully saturated rings. The molecule has 3 rings (SSSR count). The van der Waals surface area contributed by atoms with Crippen LogP contribution in [0.5, 0.6) is 0 Å². The Morgan fingerprint density at radius 2 is 2.10 bits per heavy atom. The smallest absolute Gasteiger partial charge is 0.0944 e. The van der Waals surface area contributed by atoms with Gasteiger partial charge in [0.15, 0.2) is 0 Å². The topological polar surface area (TPSA) is 34.2 Å². The highest BCUT2D eigenvalue weighted by molar-refractivity contribution is 7.18. The predicted molar refractivity (Wildman–Crippen MR) is 84.4 cm³/mol. The van der Waals surface area contributed by atoms with E-state index in [9.17, 15) is 0 Å². The second-order valence-corrected chi connectivity index (χ2v) is 6.76. The van der Waals surface area contributed by atoms with Gasteiger partial charge in [0.1, 0.15) is 0 Å². The summed E-state index contributed by atoms with van der Waals surface area (Å²) in [7, 11) is 0. The molecule has 1 aromatic carbocycles. The second kappa shape index (κ2) is 6.20. The van der Waals surface area contributed by atoms with Gasteiger partial charge in [0, 0.05) is 26.2 Å². The first-order chi connectivity index (χ1) is 9.81. The molecule has 1 aliphatic rings. The third-order valence-electron chi connectivity index (χ3n) is 4.17. The summed E-state index contributed by atoms with van der Waals surface area (Å²) in [5, 5.41) is 4.80. The van der Waals surface area contributed by atoms with Crippen molar-refractivity contribution in [3.05, 3.63) is 29.3 Å². The van der Waals surface area contributed by atoms with Gasteiger partial charge in [0.25, 0.3) is 0 Å². The summed E-state index contributed by atoms with van der Waals surface area (Å²) in [5.41, 5.74) is 1.46. The van der Waals surface area contributed by atoms with Crippen LogP contribution in [0.2, 0.25) is 0 Å². The van der Waals surface area contributed by atoms with E-state index in [1.807, 2.05) is 11.3 Å². The van der Waals surface area contributed by atoms with E-state index >= 15 is 0 Å². The number of para-hydroxylation sites is 1. The Morgan fingerprint density at radius 1 is 1.30 bits per heavy atom. The summed E-state index contributed by atoms with van der Waals surface area (Å²) < 4.78 is 6.86. The van der Waals surface area contributed by atoms with Crippen LogP contribution in [-0.2, 0) is 11.2 Å². The van der Waals surface area contributed by atoms with Crippen LogP contribution >= 0.6 is 11.3 Å². The van der Waals surface area contributed by atoms with Crippen LogP contribution < -0.4 is 5.32 Å². The van der Waals surface area contributed by atoms with E-state index < -0.39 is 0 Å². The Kier molecular flexibility index (Phi) is 4.34. The molecule has 0 unspecified atom stereocenters. The lowest BCUT2D eigenvalue weighted by atomic mass is 9.77. The van der Waals surface area contributed by atoms with Crippen LogP contribution in [0.4, 0.5) is 0 Å². The van der Waals surface area contributed by atoms with E-state index in [0.29, 0.717) is 5.41 Å². The summed E-state index contributed by atoms with van der Waals surface area (Å²) in [6.45, 7) is 6.04. The number of thiazole rings is 1. The largest absolute Gasteiger partial charge is 0.381 e. The maximum Gasteiger partial charge on any atom is 0.0944 e. The number of benzene rings is 1. The minimum absolute atomic E-state index is 0.322. The number of hydrogen-bond acceptors (Lipinski definition) is 4. The zero-order chi connectivity index (χ0) is 13.8. The molecular weight excluding hydrogens is 268 g/mol. The van der Waals surface area contributed by atoms with E-state index in [2.05, 4.69) is 36.5 Å². The Hall–Kier alpha value is -0.970. The molecule has 0 spiro atoms. The number of ether oxygens (including phenoxy) is 1. The molecule has 108 valence electrons. The van der Waals surface area contributed by atoms with Crippen molar-refractivity contribution >= 4 is 21.6 Å². The highest BCUT2D eigenvalue weighted by Crippen LogP contribution is 2.36. The van der Waals surface area contributed by atoms with Gasteiger partial charge in [-0.1, -0.05) is 19.1 Å². The van der Waals surface area contributed by atoms with Crippen molar-refractivity contribution in [3.8, 4) is 0 Å². The van der Waals surface area contributed by atoms with Crippen molar-refractivity contribution in [1.29, 1.82) is 0 Å². The molecule has 0 radical (unpaired) electrons. The maximum absolute atomic E-state index is 5.56. The lowest BCUT2D eigenvalue weighted by Gasteiger charge is -2.37. The van der Waals surface area contributed by atoms with Gasteiger partial charge in [-0.2, -0.15) is 0 Å². The average molecular weight is 290 g/mol. The Morgan fingerprint density at radius 3 is 2.85 bits per heavy atom. The van der Waals surface area contributed by atoms with E-state index in [4.69, 9.17) is 9.72 Å². The number of rotatable bonds is 5. The minimum Gasteiger partial charge on any atom is -0.381 e. The molecule has 0 atom stereocenters. The molecule has 0 saturated carbocycles. The quantitative estimate of drug-likeness (QED) is 0.918. The molecule has 1 aromatic heterocycles. The van der Waals surface area contributed by atoms with Crippen molar-refractivity contribution < 1.29 is 4.74 Å². The second-order valence-electron chi connectivity index (χ2n) is 5.64. The molecule has 4 heteroatoms. The third kappa shape index (κ3) is 3.03. The summed E-state index contributed by atoms with van der Waals surface area (Å²) in [4.78, 5) is 4.81. The molecule has 0 aliphatic carbocycles. The van der Waals surface area contributed by atoms with Gasteiger partial charge in [0.05, 0.1) is 15.2 Å². The Balaban J connectivity index is 1.80. The van der Waals surface area contributed by atoms with E-state index in [0.717, 1.165) is 51.1 Å². The van der Waals surface area contributed by atoms with Crippen LogP contribution in [0.15, 0.2) is 24.3 Å². The van der Waals surface area contributed by atoms with Crippen molar-refractivity contribution in [2.45, 2.75) is 26.2 Å². The van der Waals surface area contributed by atoms with Gasteiger partial charge in [-0.25, -0.2) is 4.98 Å². The van der Waals surface area contributed by atoms with Gasteiger partial charge in [0.2, 0.25) is 0 Å². The summed E-state index contributed by atoms with van der Waals surface area (Å²) >= 11 is 1.84. The molecule has 1 aliphatic heterocycles. The normalized spacial score (nSPS) is 18.4. The number of aromatic nitrogens is 1. The third-order valence-corrected chi connectivity index (χ3v) is 5.20. The average Bonchev–Trinajstić information content (AvgIpc) is 2.88. The lowest BCUT2D eigenvalue weighted by molar-refractivity contribution is 0.0152. The van der Waals surface area contributed by atoms with Gasteiger partial charge in [-0.3, -0.25) is 0 Å². The van der Waals surface area contributed by atoms with Crippen LogP contribution in [0.3, 0.4) is 0 Å². The van der Waals surface area contributed by atoms with E-state index in [1.165, 1.54) is 9.71 Å². The fraction of sp³-hybridized carbons (Fsp3) is 0.562. The van der Waals surface area contributed by atoms with E-state index in [1.54, 1.807) is 0 Å². The molecule has 1 saturated heterocycles. The van der Waals surface area contributed by atoms with Gasteiger partial charge in [-0.15, -0.1) is 11.3 Å². The van der Waals surface area contributed by atoms with Crippen LogP contribution in [0.25, 0.3) is 10.2 Å². The standard InChI is InChI=1S/C16H22N2OS/c1-2-17-12-16(7-9-19-10-8-16)11-15-18-13-5-3-4-6-14(13)20-15/h3-6,17H,2,7-12H2,1H3. The van der Waals surface area contributed by atoms with Gasteiger partial charge in [-0.05, 0) is 36.9 Å². The van der Waals surface area contributed by atoms with Crippen molar-refractivity contribution in [1.82, 2.24) is 10.3 Å². The number of nitrogens with one attached hydrogen (secondary N) is 1. The molecule has 0 amide bonds. The molecule has 2 heterocycles. The van der Waals surface area contributed by atoms with Crippen LogP contribution in [0.1, 0.15) is 24.8 Å². The Labute approximate surface area is 124 Å². The summed E-state index contributed by atoms with van der Waals surface area (Å²) in [6, 6.07) is 8.43. The highest BCUT2D eigenvalue weighted by atomic mass is 32.1. The van der Waals surface area contributed by atoms with Crippen molar-refractivity contribution in [3.63, 3.8) is 0 Å². The number of fused-ring (bicyclic) bond motifs is 1. The molecule has 20 heavy (non-hydrogen) atoms. The lowest BCUT2D eigenvalue weighted by Crippen LogP contribution is -2.40. The first-order valence-corrected chi connectivity index (χ1v) is 8.26. The summed E-state index contributed by atoms with van der Waals surface area (Å²) in [5.74, 6) is 0. The zero-order valence-electron chi connectivity index (χ0n) is 12.0. The minimum atomic E-state index is 0.322. The number of hydrogen-bond donors (Lipinski definition) is 1. The first kappa shape index (κ1) is 14.0. The molecule has 0 bridgehead atoms. The van der Waals surface area contributed by atoms with Crippen molar-refractivity contribution in [2.75, 3.05) is 26.3 Å².